The van der Waals surface area contributed by atoms with Crippen molar-refractivity contribution >= 4 is 17.3 Å². The highest BCUT2D eigenvalue weighted by Crippen LogP contribution is 2.34. The zero-order chi connectivity index (χ0) is 20.5. The van der Waals surface area contributed by atoms with Gasteiger partial charge in [-0.05, 0) is 49.6 Å². The van der Waals surface area contributed by atoms with Gasteiger partial charge in [-0.3, -0.25) is 4.79 Å². The Morgan fingerprint density at radius 3 is 2.77 bits per heavy atom. The van der Waals surface area contributed by atoms with Gasteiger partial charge in [-0.15, -0.1) is 0 Å². The molecule has 0 aliphatic carbocycles. The molecule has 2 atom stereocenters. The van der Waals surface area contributed by atoms with E-state index in [4.69, 9.17) is 4.42 Å². The standard InChI is InChI=1S/C25H27N3O2/c1-18-15-19-7-5-6-10-23(19)28(18)17-24-22(12-14-30-24)25(29)27-13-11-21(16-27)26-20-8-3-2-4-9-20/h2-10,12,14,18,21,26H,11,13,15-17H2,1H3. The van der Waals surface area contributed by atoms with E-state index in [0.29, 0.717) is 24.7 Å². The Balaban J connectivity index is 1.28. The Bertz CT molecular complexity index is 1030. The molecular formula is C25H27N3O2. The number of para-hydroxylation sites is 2. The predicted molar refractivity (Wildman–Crippen MR) is 119 cm³/mol. The molecule has 1 amide bonds. The molecule has 2 unspecified atom stereocenters. The van der Waals surface area contributed by atoms with Crippen molar-refractivity contribution in [2.45, 2.75) is 38.4 Å². The van der Waals surface area contributed by atoms with E-state index in [1.165, 1.54) is 11.3 Å². The van der Waals surface area contributed by atoms with E-state index in [-0.39, 0.29) is 11.9 Å². The molecule has 3 heterocycles. The fraction of sp³-hybridized carbons (Fsp3) is 0.320. The average Bonchev–Trinajstić information content (AvgIpc) is 3.48. The third-order valence-corrected chi connectivity index (χ3v) is 6.26. The molecule has 1 saturated heterocycles. The molecule has 0 saturated carbocycles. The van der Waals surface area contributed by atoms with E-state index in [9.17, 15) is 4.79 Å². The maximum atomic E-state index is 13.2. The first-order chi connectivity index (χ1) is 14.7. The SMILES string of the molecule is CC1Cc2ccccc2N1Cc1occc1C(=O)N1CCC(Nc2ccccc2)C1. The third-order valence-electron chi connectivity index (χ3n) is 6.26. The summed E-state index contributed by atoms with van der Waals surface area (Å²) < 4.78 is 5.79. The fourth-order valence-corrected chi connectivity index (χ4v) is 4.68. The second-order valence-electron chi connectivity index (χ2n) is 8.31. The predicted octanol–water partition coefficient (Wildman–Crippen LogP) is 4.56. The fourth-order valence-electron chi connectivity index (χ4n) is 4.68. The van der Waals surface area contributed by atoms with Gasteiger partial charge in [0.1, 0.15) is 5.76 Å². The van der Waals surface area contributed by atoms with Crippen molar-refractivity contribution in [1.82, 2.24) is 4.90 Å². The molecule has 2 aromatic carbocycles. The Morgan fingerprint density at radius 1 is 1.10 bits per heavy atom. The maximum absolute atomic E-state index is 13.2. The molecule has 30 heavy (non-hydrogen) atoms. The van der Waals surface area contributed by atoms with Gasteiger partial charge < -0.3 is 19.5 Å². The van der Waals surface area contributed by atoms with Gasteiger partial charge in [0, 0.05) is 36.5 Å². The van der Waals surface area contributed by atoms with Crippen LogP contribution in [0.25, 0.3) is 0 Å². The molecule has 0 radical (unpaired) electrons. The number of amides is 1. The summed E-state index contributed by atoms with van der Waals surface area (Å²) in [5.41, 5.74) is 4.39. The Labute approximate surface area is 177 Å². The van der Waals surface area contributed by atoms with Gasteiger partial charge in [0.25, 0.3) is 5.91 Å². The van der Waals surface area contributed by atoms with E-state index in [2.05, 4.69) is 53.5 Å². The van der Waals surface area contributed by atoms with Gasteiger partial charge in [0.15, 0.2) is 0 Å². The van der Waals surface area contributed by atoms with Gasteiger partial charge in [0.05, 0.1) is 18.4 Å². The number of nitrogens with one attached hydrogen (secondary N) is 1. The van der Waals surface area contributed by atoms with Crippen molar-refractivity contribution in [2.24, 2.45) is 0 Å². The first kappa shape index (κ1) is 18.8. The number of rotatable bonds is 5. The Kier molecular flexibility index (Phi) is 4.95. The number of likely N-dealkylation sites (tertiary alicyclic amines) is 1. The van der Waals surface area contributed by atoms with Gasteiger partial charge in [-0.25, -0.2) is 0 Å². The van der Waals surface area contributed by atoms with Crippen molar-refractivity contribution in [2.75, 3.05) is 23.3 Å². The van der Waals surface area contributed by atoms with E-state index in [1.807, 2.05) is 29.2 Å². The topological polar surface area (TPSA) is 48.7 Å². The highest BCUT2D eigenvalue weighted by atomic mass is 16.3. The number of furan rings is 1. The van der Waals surface area contributed by atoms with Gasteiger partial charge in [0.2, 0.25) is 0 Å². The molecule has 2 aliphatic heterocycles. The van der Waals surface area contributed by atoms with Crippen LogP contribution >= 0.6 is 0 Å². The zero-order valence-corrected chi connectivity index (χ0v) is 17.3. The van der Waals surface area contributed by atoms with Crippen molar-refractivity contribution in [3.8, 4) is 0 Å². The van der Waals surface area contributed by atoms with Gasteiger partial charge >= 0.3 is 0 Å². The van der Waals surface area contributed by atoms with Crippen LogP contribution in [0.15, 0.2) is 71.3 Å². The number of hydrogen-bond acceptors (Lipinski definition) is 4. The number of carbonyl (C=O) groups is 1. The maximum Gasteiger partial charge on any atom is 0.257 e. The summed E-state index contributed by atoms with van der Waals surface area (Å²) in [5.74, 6) is 0.819. The first-order valence-electron chi connectivity index (χ1n) is 10.7. The van der Waals surface area contributed by atoms with E-state index in [1.54, 1.807) is 6.26 Å². The van der Waals surface area contributed by atoms with Gasteiger partial charge in [-0.2, -0.15) is 0 Å². The van der Waals surface area contributed by atoms with Crippen LogP contribution in [-0.4, -0.2) is 36.0 Å². The van der Waals surface area contributed by atoms with Crippen molar-refractivity contribution in [1.29, 1.82) is 0 Å². The third kappa shape index (κ3) is 3.56. The summed E-state index contributed by atoms with van der Waals surface area (Å²) in [5, 5.41) is 3.54. The van der Waals surface area contributed by atoms with E-state index < -0.39 is 0 Å². The number of nitrogens with zero attached hydrogens (tertiary/aromatic N) is 2. The first-order valence-corrected chi connectivity index (χ1v) is 10.7. The second kappa shape index (κ2) is 7.90. The molecule has 154 valence electrons. The molecule has 2 aliphatic rings. The number of benzene rings is 2. The van der Waals surface area contributed by atoms with Crippen LogP contribution in [0, 0.1) is 0 Å². The summed E-state index contributed by atoms with van der Waals surface area (Å²) in [4.78, 5) is 17.5. The summed E-state index contributed by atoms with van der Waals surface area (Å²) in [6.07, 6.45) is 3.62. The second-order valence-corrected chi connectivity index (χ2v) is 8.31. The lowest BCUT2D eigenvalue weighted by Crippen LogP contribution is -2.33. The average molecular weight is 402 g/mol. The van der Waals surface area contributed by atoms with Crippen LogP contribution < -0.4 is 10.2 Å². The van der Waals surface area contributed by atoms with Crippen LogP contribution in [0.2, 0.25) is 0 Å². The van der Waals surface area contributed by atoms with Crippen LogP contribution in [0.5, 0.6) is 0 Å². The zero-order valence-electron chi connectivity index (χ0n) is 17.3. The molecule has 0 spiro atoms. The summed E-state index contributed by atoms with van der Waals surface area (Å²) >= 11 is 0. The minimum Gasteiger partial charge on any atom is -0.467 e. The van der Waals surface area contributed by atoms with E-state index in [0.717, 1.165) is 30.8 Å². The minimum atomic E-state index is 0.0660. The monoisotopic (exact) mass is 401 g/mol. The quantitative estimate of drug-likeness (QED) is 0.681. The molecule has 1 fully saturated rings. The van der Waals surface area contributed by atoms with Gasteiger partial charge in [-0.1, -0.05) is 36.4 Å². The lowest BCUT2D eigenvalue weighted by Gasteiger charge is -2.24. The smallest absolute Gasteiger partial charge is 0.257 e. The highest BCUT2D eigenvalue weighted by Gasteiger charge is 2.31. The molecule has 3 aromatic rings. The van der Waals surface area contributed by atoms with Crippen molar-refractivity contribution in [3.63, 3.8) is 0 Å². The Morgan fingerprint density at radius 2 is 1.90 bits per heavy atom. The summed E-state index contributed by atoms with van der Waals surface area (Å²) in [6.45, 7) is 4.31. The van der Waals surface area contributed by atoms with Crippen molar-refractivity contribution < 1.29 is 9.21 Å². The van der Waals surface area contributed by atoms with Crippen molar-refractivity contribution in [3.05, 3.63) is 83.8 Å². The van der Waals surface area contributed by atoms with Crippen LogP contribution in [0.4, 0.5) is 11.4 Å². The van der Waals surface area contributed by atoms with E-state index >= 15 is 0 Å². The highest BCUT2D eigenvalue weighted by molar-refractivity contribution is 5.95. The summed E-state index contributed by atoms with van der Waals surface area (Å²) in [7, 11) is 0. The number of fused-ring (bicyclic) bond motifs is 1. The lowest BCUT2D eigenvalue weighted by molar-refractivity contribution is 0.0789. The number of hydrogen-bond donors (Lipinski definition) is 1. The largest absolute Gasteiger partial charge is 0.467 e. The molecule has 5 heteroatoms. The normalized spacial score (nSPS) is 20.4. The molecule has 0 bridgehead atoms. The number of anilines is 2. The van der Waals surface area contributed by atoms with Crippen LogP contribution in [0.1, 0.15) is 35.0 Å². The van der Waals surface area contributed by atoms with Crippen LogP contribution in [0.3, 0.4) is 0 Å². The molecule has 5 nitrogen and oxygen atoms in total. The van der Waals surface area contributed by atoms with Crippen LogP contribution in [-0.2, 0) is 13.0 Å². The molecule has 1 aromatic heterocycles. The number of carbonyl (C=O) groups excluding carboxylic acids is 1. The molecule has 1 N–H and O–H groups in total. The molecular weight excluding hydrogens is 374 g/mol. The summed E-state index contributed by atoms with van der Waals surface area (Å²) in [6, 6.07) is 21.2. The lowest BCUT2D eigenvalue weighted by atomic mass is 10.1. The Hall–Kier alpha value is -3.21. The molecule has 5 rings (SSSR count). The minimum absolute atomic E-state index is 0.0660.